The van der Waals surface area contributed by atoms with Crippen molar-refractivity contribution in [1.29, 1.82) is 0 Å². The molecule has 1 unspecified atom stereocenters. The summed E-state index contributed by atoms with van der Waals surface area (Å²) in [5, 5.41) is 10.9. The van der Waals surface area contributed by atoms with Crippen LogP contribution in [0.1, 0.15) is 17.3 Å². The molecule has 11 aromatic carbocycles. The molecule has 14 aromatic rings. The van der Waals surface area contributed by atoms with E-state index >= 15 is 0 Å². The van der Waals surface area contributed by atoms with Gasteiger partial charge in [-0.15, -0.1) is 0 Å². The highest BCUT2D eigenvalue weighted by molar-refractivity contribution is 6.28. The van der Waals surface area contributed by atoms with Gasteiger partial charge in [-0.2, -0.15) is 4.99 Å². The zero-order valence-electron chi connectivity index (χ0n) is 40.7. The minimum atomic E-state index is -0.416. The van der Waals surface area contributed by atoms with Crippen molar-refractivity contribution in [2.45, 2.75) is 6.17 Å². The second kappa shape index (κ2) is 17.3. The first-order valence-corrected chi connectivity index (χ1v) is 25.6. The van der Waals surface area contributed by atoms with Crippen molar-refractivity contribution in [1.82, 2.24) is 19.0 Å². The van der Waals surface area contributed by atoms with Gasteiger partial charge in [0.25, 0.3) is 0 Å². The fourth-order valence-corrected chi connectivity index (χ4v) is 11.8. The Morgan fingerprint density at radius 1 is 0.333 bits per heavy atom. The average molecular weight is 959 g/mol. The van der Waals surface area contributed by atoms with Crippen LogP contribution in [0.4, 0.5) is 0 Å². The van der Waals surface area contributed by atoms with Crippen LogP contribution < -0.4 is 5.32 Å². The Kier molecular flexibility index (Phi) is 9.85. The van der Waals surface area contributed by atoms with Crippen LogP contribution in [0.3, 0.4) is 0 Å². The van der Waals surface area contributed by atoms with Crippen LogP contribution in [0.25, 0.3) is 110 Å². The lowest BCUT2D eigenvalue weighted by atomic mass is 9.92. The number of hydrogen-bond acceptors (Lipinski definition) is 3. The molecule has 1 N–H and O–H groups in total. The van der Waals surface area contributed by atoms with Gasteiger partial charge >= 0.3 is 0 Å². The SMILES string of the molecule is c1ccc(-c2ccc(C3=NC(c4ccccc4)NC(n4c5ccccc5c5ccc6c7ccccc7n(-c7c(-c8ccccc8)cc8c9ccccc9n(-c9ccccc9)c8c7-c7ccccc7)c6c54)=N3)cc2)cc1. The van der Waals surface area contributed by atoms with Gasteiger partial charge in [0.15, 0.2) is 5.84 Å². The third-order valence-electron chi connectivity index (χ3n) is 15.1. The number of amidine groups is 1. The highest BCUT2D eigenvalue weighted by Gasteiger charge is 2.30. The fraction of sp³-hybridized carbons (Fsp3) is 0.0145. The summed E-state index contributed by atoms with van der Waals surface area (Å²) < 4.78 is 7.42. The molecule has 6 heteroatoms. The minimum absolute atomic E-state index is 0.416. The molecule has 0 spiro atoms. The molecule has 0 amide bonds. The number of aromatic nitrogens is 3. The molecule has 75 heavy (non-hydrogen) atoms. The number of nitrogens with one attached hydrogen (secondary N) is 1. The van der Waals surface area contributed by atoms with E-state index in [1.165, 1.54) is 16.3 Å². The van der Waals surface area contributed by atoms with Crippen molar-refractivity contribution in [2.24, 2.45) is 9.98 Å². The van der Waals surface area contributed by atoms with E-state index in [9.17, 15) is 0 Å². The molecule has 1 aliphatic rings. The Labute approximate surface area is 433 Å². The number of hydrogen-bond donors (Lipinski definition) is 1. The summed E-state index contributed by atoms with van der Waals surface area (Å²) in [7, 11) is 0. The molecule has 0 saturated carbocycles. The summed E-state index contributed by atoms with van der Waals surface area (Å²) in [6, 6.07) is 96.1. The van der Waals surface area contributed by atoms with E-state index in [4.69, 9.17) is 9.98 Å². The lowest BCUT2D eigenvalue weighted by Gasteiger charge is -2.25. The zero-order chi connectivity index (χ0) is 49.4. The van der Waals surface area contributed by atoms with Crippen molar-refractivity contribution in [2.75, 3.05) is 0 Å². The summed E-state index contributed by atoms with van der Waals surface area (Å²) in [4.78, 5) is 11.0. The normalized spacial score (nSPS) is 13.7. The zero-order valence-corrected chi connectivity index (χ0v) is 40.7. The van der Waals surface area contributed by atoms with E-state index in [2.05, 4.69) is 286 Å². The van der Waals surface area contributed by atoms with Crippen LogP contribution >= 0.6 is 0 Å². The van der Waals surface area contributed by atoms with Gasteiger partial charge in [0.05, 0.1) is 38.8 Å². The van der Waals surface area contributed by atoms with Crippen molar-refractivity contribution in [3.63, 3.8) is 0 Å². The third-order valence-corrected chi connectivity index (χ3v) is 15.1. The van der Waals surface area contributed by atoms with Crippen LogP contribution in [0.5, 0.6) is 0 Å². The maximum Gasteiger partial charge on any atom is 0.212 e. The van der Waals surface area contributed by atoms with Crippen LogP contribution in [0, 0.1) is 0 Å². The lowest BCUT2D eigenvalue weighted by Crippen LogP contribution is -2.37. The summed E-state index contributed by atoms with van der Waals surface area (Å²) in [5.41, 5.74) is 17.6. The van der Waals surface area contributed by atoms with Gasteiger partial charge in [0, 0.05) is 54.7 Å². The third kappa shape index (κ3) is 6.80. The number of rotatable bonds is 7. The maximum absolute atomic E-state index is 5.58. The first kappa shape index (κ1) is 42.6. The standard InChI is InChI=1S/C69H46N6/c1-6-22-45(23-7-1)46-38-40-50(41-39-46)68-70-67(49-28-12-4-13-29-49)71-69(72-68)75-61-37-21-17-33-53(61)56-43-42-55-52-32-16-20-36-60(52)74(65(55)66(56)75)63-57(47-24-8-2-9-25-47)44-58-54-34-18-19-35-59(54)73(51-30-14-5-15-31-51)64(58)62(63)48-26-10-3-11-27-48/h1-44,67H,(H,70,71,72). The average Bonchev–Trinajstić information content (AvgIpc) is 4.24. The Balaban J connectivity index is 1.10. The fourth-order valence-electron chi connectivity index (χ4n) is 11.8. The highest BCUT2D eigenvalue weighted by Crippen LogP contribution is 2.50. The first-order chi connectivity index (χ1) is 37.2. The van der Waals surface area contributed by atoms with Gasteiger partial charge in [0.1, 0.15) is 6.17 Å². The van der Waals surface area contributed by atoms with E-state index < -0.39 is 6.17 Å². The Morgan fingerprint density at radius 2 is 0.787 bits per heavy atom. The van der Waals surface area contributed by atoms with E-state index in [1.807, 2.05) is 0 Å². The van der Waals surface area contributed by atoms with Gasteiger partial charge in [0.2, 0.25) is 5.96 Å². The molecule has 0 aliphatic carbocycles. The smallest absolute Gasteiger partial charge is 0.212 e. The Morgan fingerprint density at radius 3 is 1.40 bits per heavy atom. The topological polar surface area (TPSA) is 51.5 Å². The number of para-hydroxylation sites is 4. The number of benzene rings is 11. The summed E-state index contributed by atoms with van der Waals surface area (Å²) in [5.74, 6) is 1.36. The van der Waals surface area contributed by atoms with E-state index in [1.54, 1.807) is 0 Å². The van der Waals surface area contributed by atoms with Gasteiger partial charge in [-0.25, -0.2) is 4.99 Å². The molecule has 6 nitrogen and oxygen atoms in total. The van der Waals surface area contributed by atoms with Crippen LogP contribution in [0.2, 0.25) is 0 Å². The second-order valence-corrected chi connectivity index (χ2v) is 19.3. The van der Waals surface area contributed by atoms with E-state index in [0.29, 0.717) is 11.8 Å². The van der Waals surface area contributed by atoms with E-state index in [0.717, 1.165) is 105 Å². The number of nitrogens with zero attached hydrogens (tertiary/aromatic N) is 5. The van der Waals surface area contributed by atoms with Crippen molar-refractivity contribution >= 4 is 77.2 Å². The molecule has 0 radical (unpaired) electrons. The van der Waals surface area contributed by atoms with Crippen LogP contribution in [0.15, 0.2) is 277 Å². The molecule has 15 rings (SSSR count). The molecular formula is C69H46N6. The Bertz CT molecular complexity index is 4570. The van der Waals surface area contributed by atoms with Crippen LogP contribution in [-0.4, -0.2) is 25.5 Å². The molecule has 1 aliphatic heterocycles. The van der Waals surface area contributed by atoms with Crippen molar-refractivity contribution in [3.05, 3.63) is 278 Å². The number of aliphatic imine (C=N–C) groups is 2. The van der Waals surface area contributed by atoms with Crippen molar-refractivity contribution < 1.29 is 0 Å². The molecule has 0 bridgehead atoms. The molecular weight excluding hydrogens is 913 g/mol. The molecule has 0 fully saturated rings. The minimum Gasteiger partial charge on any atom is -0.330 e. The van der Waals surface area contributed by atoms with Gasteiger partial charge in [-0.3, -0.25) is 4.57 Å². The monoisotopic (exact) mass is 958 g/mol. The summed E-state index contributed by atoms with van der Waals surface area (Å²) in [6.07, 6.45) is -0.416. The first-order valence-electron chi connectivity index (χ1n) is 25.6. The second-order valence-electron chi connectivity index (χ2n) is 19.3. The molecule has 1 atom stereocenters. The van der Waals surface area contributed by atoms with Crippen LogP contribution in [-0.2, 0) is 0 Å². The highest BCUT2D eigenvalue weighted by atomic mass is 15.3. The van der Waals surface area contributed by atoms with Gasteiger partial charge in [-0.1, -0.05) is 231 Å². The van der Waals surface area contributed by atoms with Crippen molar-refractivity contribution in [3.8, 4) is 44.8 Å². The molecule has 0 saturated heterocycles. The Hall–Kier alpha value is -10.0. The summed E-state index contributed by atoms with van der Waals surface area (Å²) in [6.45, 7) is 0. The number of fused-ring (bicyclic) bond motifs is 10. The quantitative estimate of drug-likeness (QED) is 0.170. The maximum atomic E-state index is 5.58. The predicted octanol–water partition coefficient (Wildman–Crippen LogP) is 16.9. The van der Waals surface area contributed by atoms with Gasteiger partial charge in [-0.05, 0) is 64.2 Å². The lowest BCUT2D eigenvalue weighted by molar-refractivity contribution is 0.661. The molecule has 4 heterocycles. The molecule has 352 valence electrons. The predicted molar refractivity (Wildman–Crippen MR) is 313 cm³/mol. The summed E-state index contributed by atoms with van der Waals surface area (Å²) >= 11 is 0. The largest absolute Gasteiger partial charge is 0.330 e. The van der Waals surface area contributed by atoms with E-state index in [-0.39, 0.29) is 0 Å². The molecule has 3 aromatic heterocycles. The van der Waals surface area contributed by atoms with Gasteiger partial charge < -0.3 is 14.5 Å².